The second-order valence-electron chi connectivity index (χ2n) is 8.28. The fourth-order valence-electron chi connectivity index (χ4n) is 4.50. The van der Waals surface area contributed by atoms with Gasteiger partial charge in [0, 0.05) is 0 Å². The van der Waals surface area contributed by atoms with Crippen LogP contribution in [0.15, 0.2) is 60.7 Å². The Labute approximate surface area is 164 Å². The number of aryl methyl sites for hydroxylation is 1. The third-order valence-corrected chi connectivity index (χ3v) is 9.06. The molecule has 0 saturated heterocycles. The Morgan fingerprint density at radius 2 is 1.19 bits per heavy atom. The van der Waals surface area contributed by atoms with Crippen molar-refractivity contribution in [3.8, 4) is 0 Å². The molecule has 5 aromatic rings. The van der Waals surface area contributed by atoms with Crippen LogP contribution in [0.4, 0.5) is 0 Å². The van der Waals surface area contributed by atoms with Gasteiger partial charge in [0.2, 0.25) is 0 Å². The molecule has 4 aromatic carbocycles. The number of hydrogen-bond donors (Lipinski definition) is 0. The van der Waals surface area contributed by atoms with Gasteiger partial charge in [-0.05, 0) is 0 Å². The van der Waals surface area contributed by atoms with Crippen LogP contribution in [-0.4, -0.2) is 20.4 Å². The first-order chi connectivity index (χ1) is 12.5. The molecule has 0 fully saturated rings. The minimum absolute atomic E-state index is 0.188. The maximum absolute atomic E-state index is 2.39. The van der Waals surface area contributed by atoms with E-state index in [2.05, 4.69) is 88.4 Å². The van der Waals surface area contributed by atoms with Crippen LogP contribution < -0.4 is 0 Å². The van der Waals surface area contributed by atoms with Crippen LogP contribution in [0.25, 0.3) is 39.1 Å². The second-order valence-corrected chi connectivity index (χ2v) is 11.2. The zero-order chi connectivity index (χ0) is 18.1. The molecule has 1 aromatic heterocycles. The van der Waals surface area contributed by atoms with Crippen molar-refractivity contribution in [2.75, 3.05) is 0 Å². The molecule has 0 saturated carbocycles. The summed E-state index contributed by atoms with van der Waals surface area (Å²) < 4.78 is 3.30. The number of fused-ring (bicyclic) bond motifs is 8. The summed E-state index contributed by atoms with van der Waals surface area (Å²) in [5, 5.41) is 8.71. The first kappa shape index (κ1) is 16.4. The Kier molecular flexibility index (Phi) is 3.52. The molecule has 5 rings (SSSR count). The van der Waals surface area contributed by atoms with Gasteiger partial charge in [0.1, 0.15) is 0 Å². The zero-order valence-corrected chi connectivity index (χ0v) is 18.0. The fraction of sp³-hybridized carbons (Fsp3) is 0.200. The SMILES string of the molecule is Cc1ccc2c([te]c3c4ccccc4c4ccccc4c23)c1C(C)(C)C. The van der Waals surface area contributed by atoms with Gasteiger partial charge < -0.3 is 0 Å². The normalized spacial score (nSPS) is 12.6. The molecule has 1 heterocycles. The summed E-state index contributed by atoms with van der Waals surface area (Å²) in [4.78, 5) is 0. The molecule has 0 nitrogen and oxygen atoms in total. The molecule has 0 aliphatic carbocycles. The van der Waals surface area contributed by atoms with Crippen molar-refractivity contribution in [3.63, 3.8) is 0 Å². The first-order valence-electron chi connectivity index (χ1n) is 9.22. The summed E-state index contributed by atoms with van der Waals surface area (Å²) in [7, 11) is 0. The monoisotopic (exact) mass is 452 g/mol. The van der Waals surface area contributed by atoms with Crippen LogP contribution in [0.5, 0.6) is 0 Å². The van der Waals surface area contributed by atoms with Crippen molar-refractivity contribution in [1.82, 2.24) is 0 Å². The van der Waals surface area contributed by atoms with Gasteiger partial charge >= 0.3 is 164 Å². The second kappa shape index (κ2) is 5.59. The van der Waals surface area contributed by atoms with Gasteiger partial charge in [-0.1, -0.05) is 0 Å². The average Bonchev–Trinajstić information content (AvgIpc) is 3.00. The van der Waals surface area contributed by atoms with Gasteiger partial charge in [-0.3, -0.25) is 0 Å². The molecule has 0 N–H and O–H groups in total. The molecule has 0 aliphatic heterocycles. The number of rotatable bonds is 0. The predicted molar refractivity (Wildman–Crippen MR) is 117 cm³/mol. The summed E-state index contributed by atoms with van der Waals surface area (Å²) in [6, 6.07) is 22.7. The van der Waals surface area contributed by atoms with Gasteiger partial charge in [-0.25, -0.2) is 0 Å². The standard InChI is InChI=1S/C25H22Te/c1-15-13-14-20-21-18-11-7-5-9-16(18)17-10-6-8-12-19(17)23(21)26-24(20)22(15)25(2,3)4/h5-14H,1-4H3. The van der Waals surface area contributed by atoms with E-state index in [1.165, 1.54) is 37.9 Å². The van der Waals surface area contributed by atoms with Crippen LogP contribution in [-0.2, 0) is 5.41 Å². The van der Waals surface area contributed by atoms with Crippen LogP contribution in [0.2, 0.25) is 0 Å². The topological polar surface area (TPSA) is 0 Å². The number of hydrogen-bond acceptors (Lipinski definition) is 0. The van der Waals surface area contributed by atoms with Crippen molar-refractivity contribution in [3.05, 3.63) is 71.8 Å². The molecule has 0 spiro atoms. The van der Waals surface area contributed by atoms with E-state index >= 15 is 0 Å². The molecule has 0 atom stereocenters. The van der Waals surface area contributed by atoms with E-state index in [9.17, 15) is 0 Å². The third-order valence-electron chi connectivity index (χ3n) is 5.47. The maximum atomic E-state index is 2.39. The van der Waals surface area contributed by atoms with Crippen LogP contribution >= 0.6 is 0 Å². The van der Waals surface area contributed by atoms with Crippen LogP contribution in [0, 0.1) is 6.92 Å². The van der Waals surface area contributed by atoms with Crippen LogP contribution in [0.1, 0.15) is 31.9 Å². The van der Waals surface area contributed by atoms with Gasteiger partial charge in [0.25, 0.3) is 0 Å². The number of benzene rings is 4. The van der Waals surface area contributed by atoms with Gasteiger partial charge in [0.05, 0.1) is 0 Å². The van der Waals surface area contributed by atoms with Crippen LogP contribution in [0.3, 0.4) is 0 Å². The molecule has 0 unspecified atom stereocenters. The first-order valence-corrected chi connectivity index (χ1v) is 11.6. The molecule has 0 radical (unpaired) electrons. The van der Waals surface area contributed by atoms with E-state index < -0.39 is 20.4 Å². The molecule has 0 bridgehead atoms. The zero-order valence-electron chi connectivity index (χ0n) is 15.7. The van der Waals surface area contributed by atoms with E-state index in [0.717, 1.165) is 0 Å². The molecule has 0 aliphatic rings. The van der Waals surface area contributed by atoms with Crippen molar-refractivity contribution >= 4 is 59.6 Å². The molecule has 128 valence electrons. The quantitative estimate of drug-likeness (QED) is 0.177. The van der Waals surface area contributed by atoms with E-state index in [4.69, 9.17) is 0 Å². The Morgan fingerprint density at radius 3 is 1.85 bits per heavy atom. The molecule has 1 heteroatoms. The predicted octanol–water partition coefficient (Wildman–Crippen LogP) is 6.96. The molecule has 0 amide bonds. The Morgan fingerprint density at radius 1 is 0.615 bits per heavy atom. The Balaban J connectivity index is 2.14. The molecule has 26 heavy (non-hydrogen) atoms. The molecular formula is C25H22Te. The molecular weight excluding hydrogens is 428 g/mol. The van der Waals surface area contributed by atoms with E-state index in [1.54, 1.807) is 12.4 Å². The third kappa shape index (κ3) is 2.21. The van der Waals surface area contributed by atoms with Gasteiger partial charge in [0.15, 0.2) is 0 Å². The summed E-state index contributed by atoms with van der Waals surface area (Å²) in [5.74, 6) is 0. The van der Waals surface area contributed by atoms with Gasteiger partial charge in [-0.15, -0.1) is 0 Å². The van der Waals surface area contributed by atoms with Crippen molar-refractivity contribution in [2.24, 2.45) is 0 Å². The Hall–Kier alpha value is -1.81. The van der Waals surface area contributed by atoms with Crippen molar-refractivity contribution in [1.29, 1.82) is 0 Å². The Bertz CT molecular complexity index is 1310. The summed E-state index contributed by atoms with van der Waals surface area (Å²) >= 11 is -0.401. The van der Waals surface area contributed by atoms with E-state index in [1.807, 2.05) is 0 Å². The summed E-state index contributed by atoms with van der Waals surface area (Å²) in [6.07, 6.45) is 0. The summed E-state index contributed by atoms with van der Waals surface area (Å²) in [5.41, 5.74) is 3.22. The van der Waals surface area contributed by atoms with Crippen molar-refractivity contribution in [2.45, 2.75) is 33.1 Å². The van der Waals surface area contributed by atoms with E-state index in [0.29, 0.717) is 0 Å². The fourth-order valence-corrected chi connectivity index (χ4v) is 9.25. The van der Waals surface area contributed by atoms with Gasteiger partial charge in [-0.2, -0.15) is 0 Å². The summed E-state index contributed by atoms with van der Waals surface area (Å²) in [6.45, 7) is 9.37. The van der Waals surface area contributed by atoms with Crippen molar-refractivity contribution < 1.29 is 0 Å². The minimum atomic E-state index is -0.401. The van der Waals surface area contributed by atoms with E-state index in [-0.39, 0.29) is 5.41 Å². The average molecular weight is 450 g/mol.